The number of anilines is 1. The molecular weight excluding hydrogens is 414 g/mol. The fourth-order valence-electron chi connectivity index (χ4n) is 3.39. The molecule has 1 aliphatic heterocycles. The predicted molar refractivity (Wildman–Crippen MR) is 120 cm³/mol. The number of nitrogens with one attached hydrogen (secondary N) is 1. The molecule has 2 amide bonds. The Labute approximate surface area is 185 Å². The summed E-state index contributed by atoms with van der Waals surface area (Å²) in [6, 6.07) is 9.69. The van der Waals surface area contributed by atoms with Gasteiger partial charge in [0.05, 0.1) is 31.7 Å². The minimum atomic E-state index is -0.325. The zero-order chi connectivity index (χ0) is 22.2. The molecule has 8 heteroatoms. The van der Waals surface area contributed by atoms with Gasteiger partial charge in [0.25, 0.3) is 0 Å². The molecule has 162 valence electrons. The van der Waals surface area contributed by atoms with Crippen LogP contribution in [0.15, 0.2) is 30.3 Å². The first-order valence-electron chi connectivity index (χ1n) is 10.1. The van der Waals surface area contributed by atoms with Crippen LogP contribution in [-0.2, 0) is 27.3 Å². The van der Waals surface area contributed by atoms with E-state index in [9.17, 15) is 14.9 Å². The molecule has 7 nitrogen and oxygen atoms in total. The van der Waals surface area contributed by atoms with E-state index in [1.165, 1.54) is 17.4 Å². The topological polar surface area (TPSA) is 91.7 Å². The molecule has 0 radical (unpaired) electrons. The molecule has 0 spiro atoms. The fraction of sp³-hybridized carbons (Fsp3) is 0.348. The van der Waals surface area contributed by atoms with Crippen molar-refractivity contribution in [1.29, 1.82) is 5.26 Å². The number of benzene rings is 1. The average Bonchev–Trinajstić information content (AvgIpc) is 3.12. The van der Waals surface area contributed by atoms with E-state index in [1.54, 1.807) is 18.1 Å². The third-order valence-corrected chi connectivity index (χ3v) is 6.04. The summed E-state index contributed by atoms with van der Waals surface area (Å²) in [6.45, 7) is 3.83. The summed E-state index contributed by atoms with van der Waals surface area (Å²) in [5.74, 6) is 0.409. The van der Waals surface area contributed by atoms with Gasteiger partial charge >= 0.3 is 0 Å². The Morgan fingerprint density at radius 3 is 2.90 bits per heavy atom. The van der Waals surface area contributed by atoms with E-state index in [0.717, 1.165) is 16.0 Å². The minimum absolute atomic E-state index is 0.0286. The van der Waals surface area contributed by atoms with E-state index in [1.807, 2.05) is 31.2 Å². The first kappa shape index (κ1) is 22.5. The molecule has 1 aliphatic rings. The van der Waals surface area contributed by atoms with Crippen molar-refractivity contribution < 1.29 is 19.1 Å². The first-order valence-corrected chi connectivity index (χ1v) is 10.9. The number of hydrogen-bond acceptors (Lipinski definition) is 6. The van der Waals surface area contributed by atoms with Gasteiger partial charge in [0.1, 0.15) is 16.8 Å². The summed E-state index contributed by atoms with van der Waals surface area (Å²) in [7, 11) is 1.57. The zero-order valence-corrected chi connectivity index (χ0v) is 18.5. The molecule has 0 bridgehead atoms. The van der Waals surface area contributed by atoms with Gasteiger partial charge in [0, 0.05) is 30.2 Å². The molecule has 0 saturated heterocycles. The lowest BCUT2D eigenvalue weighted by atomic mass is 10.0. The highest BCUT2D eigenvalue weighted by Crippen LogP contribution is 2.36. The fourth-order valence-corrected chi connectivity index (χ4v) is 4.61. The monoisotopic (exact) mass is 439 g/mol. The van der Waals surface area contributed by atoms with Crippen molar-refractivity contribution in [1.82, 2.24) is 4.90 Å². The number of rotatable bonds is 8. The van der Waals surface area contributed by atoms with Crippen LogP contribution >= 0.6 is 11.3 Å². The Morgan fingerprint density at radius 1 is 1.35 bits per heavy atom. The Morgan fingerprint density at radius 2 is 2.16 bits per heavy atom. The number of methoxy groups -OCH3 is 1. The second-order valence-corrected chi connectivity index (χ2v) is 8.03. The molecule has 1 aromatic carbocycles. The molecule has 1 aromatic heterocycles. The van der Waals surface area contributed by atoms with E-state index in [0.29, 0.717) is 55.5 Å². The van der Waals surface area contributed by atoms with Gasteiger partial charge < -0.3 is 19.7 Å². The van der Waals surface area contributed by atoms with Crippen molar-refractivity contribution >= 4 is 34.2 Å². The smallest absolute Gasteiger partial charge is 0.249 e. The number of para-hydroxylation sites is 1. The highest BCUT2D eigenvalue weighted by atomic mass is 32.1. The van der Waals surface area contributed by atoms with Crippen LogP contribution in [0.4, 0.5) is 5.00 Å². The Hall–Kier alpha value is -3.15. The summed E-state index contributed by atoms with van der Waals surface area (Å²) in [5, 5.41) is 13.0. The van der Waals surface area contributed by atoms with Gasteiger partial charge in [-0.05, 0) is 31.1 Å². The highest BCUT2D eigenvalue weighted by Gasteiger charge is 2.27. The van der Waals surface area contributed by atoms with Gasteiger partial charge in [-0.2, -0.15) is 5.26 Å². The maximum atomic E-state index is 12.5. The number of hydrogen-bond donors (Lipinski definition) is 1. The third-order valence-electron chi connectivity index (χ3n) is 4.91. The second-order valence-electron chi connectivity index (χ2n) is 6.92. The van der Waals surface area contributed by atoms with Crippen molar-refractivity contribution in [2.75, 3.05) is 32.2 Å². The van der Waals surface area contributed by atoms with Crippen LogP contribution in [0.3, 0.4) is 0 Å². The number of nitriles is 1. The summed E-state index contributed by atoms with van der Waals surface area (Å²) < 4.78 is 10.6. The predicted octanol–water partition coefficient (Wildman–Crippen LogP) is 3.59. The number of thiophene rings is 1. The molecule has 3 rings (SSSR count). The van der Waals surface area contributed by atoms with Crippen molar-refractivity contribution in [3.05, 3.63) is 51.9 Å². The molecule has 31 heavy (non-hydrogen) atoms. The molecule has 0 fully saturated rings. The lowest BCUT2D eigenvalue weighted by Crippen LogP contribution is -2.35. The molecule has 0 unspecified atom stereocenters. The van der Waals surface area contributed by atoms with E-state index < -0.39 is 0 Å². The average molecular weight is 440 g/mol. The molecule has 0 saturated carbocycles. The van der Waals surface area contributed by atoms with Crippen molar-refractivity contribution in [2.45, 2.75) is 26.3 Å². The van der Waals surface area contributed by atoms with E-state index in [4.69, 9.17) is 9.47 Å². The Balaban J connectivity index is 1.72. The van der Waals surface area contributed by atoms with Crippen LogP contribution in [0.1, 0.15) is 34.9 Å². The van der Waals surface area contributed by atoms with Crippen LogP contribution in [0, 0.1) is 11.3 Å². The van der Waals surface area contributed by atoms with Gasteiger partial charge in [0.15, 0.2) is 0 Å². The largest absolute Gasteiger partial charge is 0.493 e. The highest BCUT2D eigenvalue weighted by molar-refractivity contribution is 7.16. The summed E-state index contributed by atoms with van der Waals surface area (Å²) in [5.41, 5.74) is 2.21. The number of amides is 2. The van der Waals surface area contributed by atoms with Crippen molar-refractivity contribution in [3.63, 3.8) is 0 Å². The van der Waals surface area contributed by atoms with Gasteiger partial charge in [-0.15, -0.1) is 11.3 Å². The maximum absolute atomic E-state index is 12.5. The quantitative estimate of drug-likeness (QED) is 0.635. The van der Waals surface area contributed by atoms with Crippen molar-refractivity contribution in [2.24, 2.45) is 0 Å². The summed E-state index contributed by atoms with van der Waals surface area (Å²) >= 11 is 1.35. The van der Waals surface area contributed by atoms with Crippen LogP contribution in [-0.4, -0.2) is 43.6 Å². The van der Waals surface area contributed by atoms with Crippen LogP contribution in [0.5, 0.6) is 5.75 Å². The van der Waals surface area contributed by atoms with Gasteiger partial charge in [0.2, 0.25) is 11.8 Å². The number of fused-ring (bicyclic) bond motifs is 1. The summed E-state index contributed by atoms with van der Waals surface area (Å²) in [6.07, 6.45) is 4.05. The lowest BCUT2D eigenvalue weighted by molar-refractivity contribution is -0.133. The molecule has 0 aliphatic carbocycles. The second kappa shape index (κ2) is 10.8. The maximum Gasteiger partial charge on any atom is 0.249 e. The number of nitrogens with zero attached hydrogens (tertiary/aromatic N) is 2. The van der Waals surface area contributed by atoms with E-state index in [-0.39, 0.29) is 11.8 Å². The number of carbonyl (C=O) groups is 2. The zero-order valence-electron chi connectivity index (χ0n) is 17.6. The Kier molecular flexibility index (Phi) is 7.82. The standard InChI is InChI=1S/C23H25N3O4S/c1-3-30-19-7-5-4-6-16(19)8-9-21(27)25-23-18(14-24)17-10-12-26(15-20(17)31-23)22(28)11-13-29-2/h4-9H,3,10-13,15H2,1-2H3,(H,25,27)/b9-8+. The van der Waals surface area contributed by atoms with Crippen LogP contribution < -0.4 is 10.1 Å². The van der Waals surface area contributed by atoms with E-state index >= 15 is 0 Å². The molecule has 2 aromatic rings. The molecule has 0 atom stereocenters. The molecule has 1 N–H and O–H groups in total. The number of carbonyl (C=O) groups excluding carboxylic acids is 2. The summed E-state index contributed by atoms with van der Waals surface area (Å²) in [4.78, 5) is 27.5. The van der Waals surface area contributed by atoms with Crippen LogP contribution in [0.25, 0.3) is 6.08 Å². The minimum Gasteiger partial charge on any atom is -0.493 e. The molecular formula is C23H25N3O4S. The normalized spacial score (nSPS) is 13.0. The van der Waals surface area contributed by atoms with Gasteiger partial charge in [-0.3, -0.25) is 9.59 Å². The van der Waals surface area contributed by atoms with Gasteiger partial charge in [-0.1, -0.05) is 18.2 Å². The SMILES string of the molecule is CCOc1ccccc1/C=C/C(=O)Nc1sc2c(c1C#N)CCN(C(=O)CCOC)C2. The van der Waals surface area contributed by atoms with Gasteiger partial charge in [-0.25, -0.2) is 0 Å². The van der Waals surface area contributed by atoms with Crippen molar-refractivity contribution in [3.8, 4) is 11.8 Å². The lowest BCUT2D eigenvalue weighted by Gasteiger charge is -2.27. The first-order chi connectivity index (χ1) is 15.1. The molecule has 2 heterocycles. The van der Waals surface area contributed by atoms with E-state index in [2.05, 4.69) is 11.4 Å². The van der Waals surface area contributed by atoms with Crippen LogP contribution in [0.2, 0.25) is 0 Å². The third kappa shape index (κ3) is 5.51. The Bertz CT molecular complexity index is 1020. The number of ether oxygens (including phenoxy) is 2.